The molecule has 0 saturated carbocycles. The van der Waals surface area contributed by atoms with Crippen molar-refractivity contribution in [3.63, 3.8) is 0 Å². The first-order chi connectivity index (χ1) is 8.42. The zero-order chi connectivity index (χ0) is 13.6. The molecule has 0 saturated heterocycles. The van der Waals surface area contributed by atoms with Gasteiger partial charge in [-0.25, -0.2) is 0 Å². The summed E-state index contributed by atoms with van der Waals surface area (Å²) in [5.74, 6) is 0. The van der Waals surface area contributed by atoms with Crippen molar-refractivity contribution in [1.82, 2.24) is 0 Å². The van der Waals surface area contributed by atoms with Crippen LogP contribution in [0.3, 0.4) is 0 Å². The number of anilines is 2. The maximum atomic E-state index is 5.79. The Morgan fingerprint density at radius 2 is 1.72 bits per heavy atom. The first kappa shape index (κ1) is 14.8. The molecule has 2 N–H and O–H groups in total. The predicted octanol–water partition coefficient (Wildman–Crippen LogP) is 3.30. The predicted molar refractivity (Wildman–Crippen MR) is 79.1 cm³/mol. The average molecular weight is 250 g/mol. The number of rotatable bonds is 6. The van der Waals surface area contributed by atoms with E-state index in [1.165, 1.54) is 5.69 Å². The van der Waals surface area contributed by atoms with E-state index in [1.807, 2.05) is 12.1 Å². The van der Waals surface area contributed by atoms with Crippen LogP contribution >= 0.6 is 0 Å². The molecule has 102 valence electrons. The van der Waals surface area contributed by atoms with Gasteiger partial charge in [-0.2, -0.15) is 0 Å². The van der Waals surface area contributed by atoms with E-state index < -0.39 is 0 Å². The minimum absolute atomic E-state index is 0.0704. The van der Waals surface area contributed by atoms with E-state index in [2.05, 4.69) is 44.7 Å². The molecular formula is C15H26N2O. The van der Waals surface area contributed by atoms with Crippen LogP contribution in [0.5, 0.6) is 0 Å². The molecular weight excluding hydrogens is 224 g/mol. The number of ether oxygens (including phenoxy) is 1. The van der Waals surface area contributed by atoms with Gasteiger partial charge in [0.05, 0.1) is 12.2 Å². The van der Waals surface area contributed by atoms with Gasteiger partial charge in [-0.3, -0.25) is 0 Å². The highest BCUT2D eigenvalue weighted by Crippen LogP contribution is 2.17. The van der Waals surface area contributed by atoms with Crippen LogP contribution in [-0.4, -0.2) is 25.3 Å². The molecule has 0 amide bonds. The largest absolute Gasteiger partial charge is 0.399 e. The Morgan fingerprint density at radius 3 is 2.22 bits per heavy atom. The lowest BCUT2D eigenvalue weighted by atomic mass is 10.2. The number of nitrogens with two attached hydrogens (primary N) is 1. The summed E-state index contributed by atoms with van der Waals surface area (Å²) in [6.45, 7) is 11.1. The van der Waals surface area contributed by atoms with Crippen LogP contribution in [0.1, 0.15) is 34.1 Å². The smallest absolute Gasteiger partial charge is 0.0648 e. The third-order valence-electron chi connectivity index (χ3n) is 2.65. The molecule has 0 unspecified atom stereocenters. The van der Waals surface area contributed by atoms with Crippen molar-refractivity contribution in [2.75, 3.05) is 30.3 Å². The van der Waals surface area contributed by atoms with Crippen molar-refractivity contribution in [2.24, 2.45) is 0 Å². The van der Waals surface area contributed by atoms with E-state index >= 15 is 0 Å². The van der Waals surface area contributed by atoms with Crippen LogP contribution in [-0.2, 0) is 4.74 Å². The van der Waals surface area contributed by atoms with E-state index in [4.69, 9.17) is 10.5 Å². The molecule has 18 heavy (non-hydrogen) atoms. The average Bonchev–Trinajstić information content (AvgIpc) is 2.27. The summed E-state index contributed by atoms with van der Waals surface area (Å²) in [4.78, 5) is 2.34. The quantitative estimate of drug-likeness (QED) is 0.787. The van der Waals surface area contributed by atoms with Gasteiger partial charge in [0.2, 0.25) is 0 Å². The molecule has 0 fully saturated rings. The highest BCUT2D eigenvalue weighted by Gasteiger charge is 2.11. The maximum Gasteiger partial charge on any atom is 0.0648 e. The van der Waals surface area contributed by atoms with Crippen molar-refractivity contribution in [2.45, 2.75) is 39.7 Å². The molecule has 3 nitrogen and oxygen atoms in total. The van der Waals surface area contributed by atoms with Crippen molar-refractivity contribution >= 4 is 11.4 Å². The SMILES string of the molecule is CCCN(CCOC(C)(C)C)c1ccc(N)cc1. The van der Waals surface area contributed by atoms with Crippen LogP contribution < -0.4 is 10.6 Å². The zero-order valence-electron chi connectivity index (χ0n) is 12.1. The lowest BCUT2D eigenvalue weighted by Gasteiger charge is -2.27. The Kier molecular flexibility index (Phi) is 5.48. The van der Waals surface area contributed by atoms with Crippen molar-refractivity contribution in [3.05, 3.63) is 24.3 Å². The summed E-state index contributed by atoms with van der Waals surface area (Å²) < 4.78 is 5.79. The van der Waals surface area contributed by atoms with Crippen molar-refractivity contribution < 1.29 is 4.74 Å². The normalized spacial score (nSPS) is 11.6. The van der Waals surface area contributed by atoms with E-state index in [0.29, 0.717) is 0 Å². The van der Waals surface area contributed by atoms with Gasteiger partial charge in [-0.15, -0.1) is 0 Å². The second-order valence-electron chi connectivity index (χ2n) is 5.54. The molecule has 1 aromatic carbocycles. The fourth-order valence-electron chi connectivity index (χ4n) is 1.79. The van der Waals surface area contributed by atoms with Gasteiger partial charge in [0.1, 0.15) is 0 Å². The highest BCUT2D eigenvalue weighted by molar-refractivity contribution is 5.53. The van der Waals surface area contributed by atoms with Crippen LogP contribution in [0.2, 0.25) is 0 Å². The van der Waals surface area contributed by atoms with Gasteiger partial charge in [-0.1, -0.05) is 6.92 Å². The molecule has 0 heterocycles. The lowest BCUT2D eigenvalue weighted by molar-refractivity contribution is 0.00136. The Bertz CT molecular complexity index is 341. The number of hydrogen-bond acceptors (Lipinski definition) is 3. The minimum Gasteiger partial charge on any atom is -0.399 e. The standard InChI is InChI=1S/C15H26N2O/c1-5-10-17(11-12-18-15(2,3)4)14-8-6-13(16)7-9-14/h6-9H,5,10-12,16H2,1-4H3. The molecule has 0 aromatic heterocycles. The van der Waals surface area contributed by atoms with Crippen molar-refractivity contribution in [1.29, 1.82) is 0 Å². The van der Waals surface area contributed by atoms with Crippen LogP contribution in [0, 0.1) is 0 Å². The molecule has 1 rings (SSSR count). The number of nitrogens with zero attached hydrogens (tertiary/aromatic N) is 1. The zero-order valence-corrected chi connectivity index (χ0v) is 12.1. The molecule has 3 heteroatoms. The molecule has 0 aliphatic rings. The van der Waals surface area contributed by atoms with Gasteiger partial charge >= 0.3 is 0 Å². The Labute approximate surface area is 111 Å². The Morgan fingerprint density at radius 1 is 1.11 bits per heavy atom. The minimum atomic E-state index is -0.0704. The second-order valence-corrected chi connectivity index (χ2v) is 5.54. The Hall–Kier alpha value is -1.22. The van der Waals surface area contributed by atoms with E-state index in [9.17, 15) is 0 Å². The van der Waals surface area contributed by atoms with E-state index in [0.717, 1.165) is 31.8 Å². The molecule has 0 radical (unpaired) electrons. The van der Waals surface area contributed by atoms with Crippen LogP contribution in [0.25, 0.3) is 0 Å². The van der Waals surface area contributed by atoms with Crippen molar-refractivity contribution in [3.8, 4) is 0 Å². The van der Waals surface area contributed by atoms with Gasteiger partial charge < -0.3 is 15.4 Å². The van der Waals surface area contributed by atoms with Crippen LogP contribution in [0.4, 0.5) is 11.4 Å². The molecule has 1 aromatic rings. The number of benzene rings is 1. The summed E-state index contributed by atoms with van der Waals surface area (Å²) in [7, 11) is 0. The molecule has 0 bridgehead atoms. The van der Waals surface area contributed by atoms with Gasteiger partial charge in [0.25, 0.3) is 0 Å². The first-order valence-electron chi connectivity index (χ1n) is 6.67. The molecule has 0 aliphatic heterocycles. The summed E-state index contributed by atoms with van der Waals surface area (Å²) in [5, 5.41) is 0. The van der Waals surface area contributed by atoms with Gasteiger partial charge in [0, 0.05) is 24.5 Å². The Balaban J connectivity index is 2.57. The highest BCUT2D eigenvalue weighted by atomic mass is 16.5. The van der Waals surface area contributed by atoms with Gasteiger partial charge in [0.15, 0.2) is 0 Å². The van der Waals surface area contributed by atoms with E-state index in [1.54, 1.807) is 0 Å². The summed E-state index contributed by atoms with van der Waals surface area (Å²) >= 11 is 0. The van der Waals surface area contributed by atoms with Gasteiger partial charge in [-0.05, 0) is 51.5 Å². The maximum absolute atomic E-state index is 5.79. The lowest BCUT2D eigenvalue weighted by Crippen LogP contribution is -2.31. The second kappa shape index (κ2) is 6.64. The fraction of sp³-hybridized carbons (Fsp3) is 0.600. The topological polar surface area (TPSA) is 38.5 Å². The number of hydrogen-bond donors (Lipinski definition) is 1. The van der Waals surface area contributed by atoms with E-state index in [-0.39, 0.29) is 5.60 Å². The van der Waals surface area contributed by atoms with Crippen LogP contribution in [0.15, 0.2) is 24.3 Å². The summed E-state index contributed by atoms with van der Waals surface area (Å²) in [6.07, 6.45) is 1.12. The fourth-order valence-corrected chi connectivity index (χ4v) is 1.79. The molecule has 0 aliphatic carbocycles. The first-order valence-corrected chi connectivity index (χ1v) is 6.67. The third kappa shape index (κ3) is 5.41. The number of nitrogen functional groups attached to an aromatic ring is 1. The third-order valence-corrected chi connectivity index (χ3v) is 2.65. The summed E-state index contributed by atoms with van der Waals surface area (Å²) in [5.41, 5.74) is 7.66. The molecule has 0 atom stereocenters. The monoisotopic (exact) mass is 250 g/mol. The summed E-state index contributed by atoms with van der Waals surface area (Å²) in [6, 6.07) is 8.04. The molecule has 0 spiro atoms.